The number of rotatable bonds is 25. The minimum Gasteiger partial charge on any atom is -0.379 e. The molecular weight excluding hydrogens is 452 g/mol. The van der Waals surface area contributed by atoms with Gasteiger partial charge in [-0.25, -0.2) is 0 Å². The molecule has 2 N–H and O–H groups in total. The predicted octanol–water partition coefficient (Wildman–Crippen LogP) is 3.44. The first-order valence-corrected chi connectivity index (χ1v) is 13.6. The van der Waals surface area contributed by atoms with Gasteiger partial charge in [0.05, 0.1) is 79.3 Å². The molecule has 0 saturated carbocycles. The van der Waals surface area contributed by atoms with Crippen molar-refractivity contribution >= 4 is 5.91 Å². The summed E-state index contributed by atoms with van der Waals surface area (Å²) in [6, 6.07) is 0.486. The third-order valence-corrected chi connectivity index (χ3v) is 3.98. The van der Waals surface area contributed by atoms with Gasteiger partial charge in [-0.15, -0.1) is 0 Å². The largest absolute Gasteiger partial charge is 0.379 e. The smallest absolute Gasteiger partial charge is 0.222 e. The molecule has 0 unspecified atom stereocenters. The number of carbonyl (C=O) groups is 1. The minimum atomic E-state index is 0.0378. The van der Waals surface area contributed by atoms with Crippen molar-refractivity contribution in [1.82, 2.24) is 10.6 Å². The number of hydrogen-bond acceptors (Lipinski definition) is 8. The van der Waals surface area contributed by atoms with Gasteiger partial charge in [0.25, 0.3) is 0 Å². The average Bonchev–Trinajstić information content (AvgIpc) is 2.87. The highest BCUT2D eigenvalue weighted by Crippen LogP contribution is 1.88. The van der Waals surface area contributed by atoms with E-state index in [1.807, 2.05) is 27.7 Å². The third kappa shape index (κ3) is 40.6. The third-order valence-electron chi connectivity index (χ3n) is 3.98. The standard InChI is InChI=1S/C22H46N2O7.2C2H6/c1-4-5-7-24-22(25)6-9-26-11-13-28-15-17-30-19-20-31-18-16-29-14-12-27-10-8-23-21(2)3;2*1-2/h21,23H,4-20H2,1-3H3,(H,24,25);2*1-2H3. The molecule has 1 amide bonds. The molecule has 0 radical (unpaired) electrons. The summed E-state index contributed by atoms with van der Waals surface area (Å²) in [7, 11) is 0. The van der Waals surface area contributed by atoms with Gasteiger partial charge in [0.1, 0.15) is 0 Å². The van der Waals surface area contributed by atoms with Gasteiger partial charge < -0.3 is 39.1 Å². The molecule has 0 fully saturated rings. The van der Waals surface area contributed by atoms with E-state index < -0.39 is 0 Å². The fourth-order valence-electron chi connectivity index (χ4n) is 2.28. The highest BCUT2D eigenvalue weighted by atomic mass is 16.6. The predicted molar refractivity (Wildman–Crippen MR) is 143 cm³/mol. The molecule has 0 aliphatic carbocycles. The Balaban J connectivity index is -0.00000242. The zero-order chi connectivity index (χ0) is 26.8. The normalized spacial score (nSPS) is 10.4. The quantitative estimate of drug-likeness (QED) is 0.180. The van der Waals surface area contributed by atoms with Crippen LogP contribution in [0.2, 0.25) is 0 Å². The van der Waals surface area contributed by atoms with Crippen LogP contribution < -0.4 is 10.6 Å². The summed E-state index contributed by atoms with van der Waals surface area (Å²) in [5.74, 6) is 0.0378. The summed E-state index contributed by atoms with van der Waals surface area (Å²) < 4.78 is 32.5. The van der Waals surface area contributed by atoms with Crippen molar-refractivity contribution in [2.75, 3.05) is 92.4 Å². The molecule has 0 spiro atoms. The van der Waals surface area contributed by atoms with Crippen molar-refractivity contribution in [3.05, 3.63) is 0 Å². The molecule has 0 aromatic heterocycles. The van der Waals surface area contributed by atoms with Crippen LogP contribution in [0.3, 0.4) is 0 Å². The number of ether oxygens (including phenoxy) is 6. The molecule has 0 aromatic rings. The molecule has 0 rings (SSSR count). The molecular formula is C26H58N2O7. The number of carbonyl (C=O) groups excluding carboxylic acids is 1. The Morgan fingerprint density at radius 2 is 0.971 bits per heavy atom. The van der Waals surface area contributed by atoms with Gasteiger partial charge in [-0.3, -0.25) is 4.79 Å². The van der Waals surface area contributed by atoms with Crippen LogP contribution in [0.4, 0.5) is 0 Å². The van der Waals surface area contributed by atoms with E-state index in [2.05, 4.69) is 31.4 Å². The van der Waals surface area contributed by atoms with E-state index in [-0.39, 0.29) is 5.91 Å². The van der Waals surface area contributed by atoms with Crippen molar-refractivity contribution < 1.29 is 33.2 Å². The van der Waals surface area contributed by atoms with Crippen molar-refractivity contribution in [3.63, 3.8) is 0 Å². The van der Waals surface area contributed by atoms with Crippen molar-refractivity contribution in [2.24, 2.45) is 0 Å². The molecule has 0 aromatic carbocycles. The maximum atomic E-state index is 11.5. The lowest BCUT2D eigenvalue weighted by molar-refractivity contribution is -0.122. The Hall–Kier alpha value is -0.810. The molecule has 0 saturated heterocycles. The Morgan fingerprint density at radius 1 is 0.600 bits per heavy atom. The summed E-state index contributed by atoms with van der Waals surface area (Å²) in [4.78, 5) is 11.5. The van der Waals surface area contributed by atoms with E-state index in [9.17, 15) is 4.79 Å². The Kier molecular flexibility index (Phi) is 41.7. The van der Waals surface area contributed by atoms with Crippen molar-refractivity contribution in [2.45, 2.75) is 73.8 Å². The summed E-state index contributed by atoms with van der Waals surface area (Å²) >= 11 is 0. The molecule has 0 bridgehead atoms. The second-order valence-electron chi connectivity index (χ2n) is 7.24. The van der Waals surface area contributed by atoms with Gasteiger partial charge in [0.15, 0.2) is 0 Å². The van der Waals surface area contributed by atoms with Crippen LogP contribution in [0.5, 0.6) is 0 Å². The first-order chi connectivity index (χ1) is 17.2. The minimum absolute atomic E-state index is 0.0378. The number of hydrogen-bond donors (Lipinski definition) is 2. The summed E-state index contributed by atoms with van der Waals surface area (Å²) in [6.45, 7) is 22.4. The molecule has 0 aliphatic rings. The molecule has 9 nitrogen and oxygen atoms in total. The zero-order valence-electron chi connectivity index (χ0n) is 24.0. The fraction of sp³-hybridized carbons (Fsp3) is 0.962. The van der Waals surface area contributed by atoms with Crippen LogP contribution >= 0.6 is 0 Å². The van der Waals surface area contributed by atoms with Crippen LogP contribution in [0.25, 0.3) is 0 Å². The second-order valence-corrected chi connectivity index (χ2v) is 7.24. The maximum Gasteiger partial charge on any atom is 0.222 e. The molecule has 0 aliphatic heterocycles. The van der Waals surface area contributed by atoms with Crippen molar-refractivity contribution in [3.8, 4) is 0 Å². The van der Waals surface area contributed by atoms with Gasteiger partial charge in [-0.1, -0.05) is 54.9 Å². The van der Waals surface area contributed by atoms with Gasteiger partial charge >= 0.3 is 0 Å². The van der Waals surface area contributed by atoms with E-state index in [1.165, 1.54) is 0 Å². The van der Waals surface area contributed by atoms with Gasteiger partial charge in [-0.05, 0) is 6.42 Å². The van der Waals surface area contributed by atoms with Crippen LogP contribution in [-0.4, -0.2) is 104 Å². The van der Waals surface area contributed by atoms with Gasteiger partial charge in [0.2, 0.25) is 5.91 Å². The summed E-state index contributed by atoms with van der Waals surface area (Å²) in [5.41, 5.74) is 0. The molecule has 9 heteroatoms. The molecule has 214 valence electrons. The fourth-order valence-corrected chi connectivity index (χ4v) is 2.28. The lowest BCUT2D eigenvalue weighted by Gasteiger charge is -2.09. The zero-order valence-corrected chi connectivity index (χ0v) is 24.0. The van der Waals surface area contributed by atoms with Gasteiger partial charge in [-0.2, -0.15) is 0 Å². The van der Waals surface area contributed by atoms with E-state index >= 15 is 0 Å². The number of unbranched alkanes of at least 4 members (excludes halogenated alkanes) is 1. The molecule has 0 atom stereocenters. The average molecular weight is 511 g/mol. The van der Waals surface area contributed by atoms with E-state index in [1.54, 1.807) is 0 Å². The highest BCUT2D eigenvalue weighted by Gasteiger charge is 2.00. The Bertz CT molecular complexity index is 376. The summed E-state index contributed by atoms with van der Waals surface area (Å²) in [5, 5.41) is 6.15. The highest BCUT2D eigenvalue weighted by molar-refractivity contribution is 5.75. The van der Waals surface area contributed by atoms with E-state index in [0.29, 0.717) is 91.7 Å². The van der Waals surface area contributed by atoms with Crippen LogP contribution in [-0.2, 0) is 33.2 Å². The topological polar surface area (TPSA) is 96.5 Å². The van der Waals surface area contributed by atoms with Crippen LogP contribution in [0.15, 0.2) is 0 Å². The Morgan fingerprint density at radius 3 is 1.34 bits per heavy atom. The number of amides is 1. The SMILES string of the molecule is CC.CC.CCCCNC(=O)CCOCCOCCOCCOCCOCCOCCNC(C)C. The first-order valence-electron chi connectivity index (χ1n) is 13.6. The van der Waals surface area contributed by atoms with E-state index in [0.717, 1.165) is 25.9 Å². The summed E-state index contributed by atoms with van der Waals surface area (Å²) in [6.07, 6.45) is 2.48. The number of nitrogens with one attached hydrogen (secondary N) is 2. The van der Waals surface area contributed by atoms with Crippen LogP contribution in [0.1, 0.15) is 67.7 Å². The maximum absolute atomic E-state index is 11.5. The Labute approximate surface area is 216 Å². The monoisotopic (exact) mass is 510 g/mol. The molecule has 0 heterocycles. The van der Waals surface area contributed by atoms with Gasteiger partial charge in [0, 0.05) is 25.6 Å². The first kappa shape index (κ1) is 38.7. The molecule has 35 heavy (non-hydrogen) atoms. The second kappa shape index (κ2) is 37.7. The lowest BCUT2D eigenvalue weighted by Crippen LogP contribution is -2.27. The van der Waals surface area contributed by atoms with Crippen molar-refractivity contribution in [1.29, 1.82) is 0 Å². The lowest BCUT2D eigenvalue weighted by atomic mass is 10.3. The van der Waals surface area contributed by atoms with E-state index in [4.69, 9.17) is 28.4 Å². The van der Waals surface area contributed by atoms with Crippen LogP contribution in [0, 0.1) is 0 Å².